The van der Waals surface area contributed by atoms with Crippen LogP contribution in [0.25, 0.3) is 0 Å². The average Bonchev–Trinajstić information content (AvgIpc) is 2.73. The lowest BCUT2D eigenvalue weighted by Gasteiger charge is -2.00. The predicted octanol–water partition coefficient (Wildman–Crippen LogP) is 7.96. The molecule has 0 atom stereocenters. The van der Waals surface area contributed by atoms with Crippen LogP contribution in [0.4, 0.5) is 0 Å². The Hall–Kier alpha value is -1.78. The number of nitrogens with zero attached hydrogens (tertiary/aromatic N) is 1. The minimum atomic E-state index is 0.308. The number of nitrogens with one attached hydrogen (secondary N) is 1. The van der Waals surface area contributed by atoms with E-state index in [1.54, 1.807) is 23.9 Å². The minimum Gasteiger partial charge on any atom is -0.392 e. The van der Waals surface area contributed by atoms with Crippen LogP contribution >= 0.6 is 11.8 Å². The van der Waals surface area contributed by atoms with Gasteiger partial charge in [-0.15, -0.1) is 19.7 Å². The van der Waals surface area contributed by atoms with Crippen LogP contribution < -0.4 is 11.1 Å². The van der Waals surface area contributed by atoms with Crippen molar-refractivity contribution in [3.63, 3.8) is 0 Å². The molecule has 0 saturated heterocycles. The van der Waals surface area contributed by atoms with Gasteiger partial charge in [0, 0.05) is 18.5 Å². The van der Waals surface area contributed by atoms with Crippen LogP contribution in [0.3, 0.4) is 0 Å². The molecular weight excluding hydrogens is 386 g/mol. The summed E-state index contributed by atoms with van der Waals surface area (Å²) in [6.45, 7) is 28.4. The van der Waals surface area contributed by atoms with Gasteiger partial charge in [0.2, 0.25) is 0 Å². The van der Waals surface area contributed by atoms with Gasteiger partial charge in [-0.05, 0) is 58.6 Å². The Morgan fingerprint density at radius 3 is 1.63 bits per heavy atom. The highest BCUT2D eigenvalue weighted by Crippen LogP contribution is 1.99. The first kappa shape index (κ1) is 42.3. The van der Waals surface area contributed by atoms with Crippen LogP contribution in [0.2, 0.25) is 0 Å². The van der Waals surface area contributed by atoms with E-state index in [0.29, 0.717) is 6.67 Å². The Balaban J connectivity index is -0.0000000788. The molecule has 0 saturated carbocycles. The van der Waals surface area contributed by atoms with E-state index in [0.717, 1.165) is 22.7 Å². The molecule has 0 aliphatic heterocycles. The largest absolute Gasteiger partial charge is 0.392 e. The van der Waals surface area contributed by atoms with E-state index in [2.05, 4.69) is 36.3 Å². The summed E-state index contributed by atoms with van der Waals surface area (Å²) in [5.41, 5.74) is 8.52. The molecule has 4 heteroatoms. The third-order valence-electron chi connectivity index (χ3n) is 2.12. The van der Waals surface area contributed by atoms with Gasteiger partial charge in [-0.1, -0.05) is 58.1 Å². The molecule has 0 aromatic rings. The second kappa shape index (κ2) is 50.7. The van der Waals surface area contributed by atoms with Crippen LogP contribution in [-0.2, 0) is 0 Å². The van der Waals surface area contributed by atoms with Gasteiger partial charge in [-0.25, -0.2) is 0 Å². The Bertz CT molecular complexity index is 439. The lowest BCUT2D eigenvalue weighted by Crippen LogP contribution is -2.06. The maximum absolute atomic E-state index is 5.41. The van der Waals surface area contributed by atoms with Gasteiger partial charge < -0.3 is 11.1 Å². The molecule has 0 fully saturated rings. The number of rotatable bonds is 7. The smallest absolute Gasteiger partial charge is 0.0866 e. The van der Waals surface area contributed by atoms with Gasteiger partial charge in [0.15, 0.2) is 0 Å². The molecule has 0 amide bonds. The zero-order chi connectivity index (χ0) is 25.2. The van der Waals surface area contributed by atoms with E-state index in [1.165, 1.54) is 0 Å². The zero-order valence-electron chi connectivity index (χ0n) is 22.0. The summed E-state index contributed by atoms with van der Waals surface area (Å²) < 4.78 is 0. The Labute approximate surface area is 195 Å². The number of allylic oxidation sites excluding steroid dienone is 8. The van der Waals surface area contributed by atoms with Gasteiger partial charge in [-0.2, -0.15) is 11.8 Å². The summed E-state index contributed by atoms with van der Waals surface area (Å²) in [6.07, 6.45) is 15.5. The molecule has 0 aromatic carbocycles. The van der Waals surface area contributed by atoms with E-state index >= 15 is 0 Å². The van der Waals surface area contributed by atoms with Gasteiger partial charge >= 0.3 is 0 Å². The second-order valence-electron chi connectivity index (χ2n) is 4.79. The van der Waals surface area contributed by atoms with E-state index < -0.39 is 0 Å². The molecule has 178 valence electrons. The van der Waals surface area contributed by atoms with Crippen LogP contribution in [-0.4, -0.2) is 31.4 Å². The molecule has 0 unspecified atom stereocenters. The monoisotopic (exact) mass is 439 g/mol. The summed E-state index contributed by atoms with van der Waals surface area (Å²) in [4.78, 5) is 4.20. The van der Waals surface area contributed by atoms with Crippen molar-refractivity contribution in [2.24, 2.45) is 10.7 Å². The van der Waals surface area contributed by atoms with Crippen LogP contribution in [0, 0.1) is 0 Å². The first-order valence-corrected chi connectivity index (χ1v) is 11.9. The van der Waals surface area contributed by atoms with E-state index in [4.69, 9.17) is 5.73 Å². The fourth-order valence-corrected chi connectivity index (χ4v) is 1.43. The maximum Gasteiger partial charge on any atom is 0.0866 e. The SMILES string of the molecule is C=CC.C=CC.C=CCSC.CC.CC.C\C=C/C(C)=C/C(/C=C(/C)NC)=N/CN. The predicted molar refractivity (Wildman–Crippen MR) is 151 cm³/mol. The van der Waals surface area contributed by atoms with Crippen molar-refractivity contribution in [1.29, 1.82) is 0 Å². The van der Waals surface area contributed by atoms with Crippen molar-refractivity contribution < 1.29 is 0 Å². The topological polar surface area (TPSA) is 50.4 Å². The molecule has 0 rings (SSSR count). The van der Waals surface area contributed by atoms with Gasteiger partial charge in [0.25, 0.3) is 0 Å². The third kappa shape index (κ3) is 63.4. The normalized spacial score (nSPS) is 9.93. The molecule has 30 heavy (non-hydrogen) atoms. The van der Waals surface area contributed by atoms with Gasteiger partial charge in [0.1, 0.15) is 0 Å². The summed E-state index contributed by atoms with van der Waals surface area (Å²) >= 11 is 1.78. The molecule has 3 nitrogen and oxygen atoms in total. The van der Waals surface area contributed by atoms with Crippen molar-refractivity contribution in [2.45, 2.75) is 62.3 Å². The number of hydrogen-bond donors (Lipinski definition) is 2. The molecule has 0 bridgehead atoms. The Kier molecular flexibility index (Phi) is 71.5. The lowest BCUT2D eigenvalue weighted by atomic mass is 10.2. The Morgan fingerprint density at radius 1 is 0.967 bits per heavy atom. The number of thioether (sulfide) groups is 1. The van der Waals surface area contributed by atoms with Gasteiger partial charge in [0.05, 0.1) is 12.4 Å². The standard InChI is InChI=1S/C12H21N3.C4H8S.2C3H6.2C2H6/c1-5-6-10(2)7-12(15-9-13)8-11(3)14-4;1-3-4-5-2;2*1-3-2;2*1-2/h5-8,14H,9,13H2,1-4H3;3H,1,4H2,2H3;2*3H,1H2,2H3;2*1-2H3/b6-5-,10-7+,11-8-,15-12-;;;;;. The van der Waals surface area contributed by atoms with E-state index in [1.807, 2.05) is 99.7 Å². The molecule has 0 spiro atoms. The Morgan fingerprint density at radius 2 is 1.40 bits per heavy atom. The second-order valence-corrected chi connectivity index (χ2v) is 5.70. The van der Waals surface area contributed by atoms with Crippen molar-refractivity contribution >= 4 is 17.5 Å². The fraction of sp³-hybridized carbons (Fsp3) is 0.500. The van der Waals surface area contributed by atoms with Crippen LogP contribution in [0.15, 0.2) is 78.5 Å². The quantitative estimate of drug-likeness (QED) is 0.240. The van der Waals surface area contributed by atoms with Crippen molar-refractivity contribution in [3.05, 3.63) is 73.5 Å². The first-order chi connectivity index (χ1) is 14.4. The maximum atomic E-state index is 5.41. The van der Waals surface area contributed by atoms with Crippen molar-refractivity contribution in [1.82, 2.24) is 5.32 Å². The number of hydrogen-bond acceptors (Lipinski definition) is 4. The molecule has 0 aromatic heterocycles. The van der Waals surface area contributed by atoms with Crippen molar-refractivity contribution in [3.8, 4) is 0 Å². The first-order valence-electron chi connectivity index (χ1n) is 10.5. The van der Waals surface area contributed by atoms with Crippen LogP contribution in [0.5, 0.6) is 0 Å². The molecule has 0 heterocycles. The lowest BCUT2D eigenvalue weighted by molar-refractivity contribution is 0.991. The van der Waals surface area contributed by atoms with E-state index in [9.17, 15) is 0 Å². The number of aliphatic imine (C=N–C) groups is 1. The third-order valence-corrected chi connectivity index (χ3v) is 2.69. The zero-order valence-corrected chi connectivity index (χ0v) is 22.8. The van der Waals surface area contributed by atoms with Gasteiger partial charge in [-0.3, -0.25) is 4.99 Å². The molecule has 0 aliphatic rings. The highest BCUT2D eigenvalue weighted by molar-refractivity contribution is 7.98. The highest BCUT2D eigenvalue weighted by Gasteiger charge is 1.92. The molecule has 0 radical (unpaired) electrons. The number of nitrogens with two attached hydrogens (primary N) is 1. The molecule has 3 N–H and O–H groups in total. The summed E-state index contributed by atoms with van der Waals surface area (Å²) in [7, 11) is 1.88. The molecular formula is C26H53N3S. The summed E-state index contributed by atoms with van der Waals surface area (Å²) in [5.74, 6) is 1.07. The average molecular weight is 440 g/mol. The highest BCUT2D eigenvalue weighted by atomic mass is 32.2. The minimum absolute atomic E-state index is 0.308. The molecule has 0 aliphatic carbocycles. The van der Waals surface area contributed by atoms with E-state index in [-0.39, 0.29) is 0 Å². The van der Waals surface area contributed by atoms with Crippen molar-refractivity contribution in [2.75, 3.05) is 25.7 Å². The summed E-state index contributed by atoms with van der Waals surface area (Å²) in [6, 6.07) is 0. The summed E-state index contributed by atoms with van der Waals surface area (Å²) in [5, 5.41) is 3.05. The van der Waals surface area contributed by atoms with Crippen LogP contribution in [0.1, 0.15) is 62.3 Å². The fourth-order valence-electron chi connectivity index (χ4n) is 1.19.